The molecule has 0 saturated carbocycles. The zero-order chi connectivity index (χ0) is 18.4. The molecule has 1 aromatic heterocycles. The fourth-order valence-electron chi connectivity index (χ4n) is 2.02. The summed E-state index contributed by atoms with van der Waals surface area (Å²) in [6.45, 7) is 2.93. The number of amides is 1. The van der Waals surface area contributed by atoms with Gasteiger partial charge in [-0.2, -0.15) is 0 Å². The van der Waals surface area contributed by atoms with E-state index in [1.807, 2.05) is 6.07 Å². The van der Waals surface area contributed by atoms with Gasteiger partial charge in [0.05, 0.1) is 16.8 Å². The van der Waals surface area contributed by atoms with Crippen molar-refractivity contribution >= 4 is 27.4 Å². The molecule has 2 N–H and O–H groups in total. The van der Waals surface area contributed by atoms with Gasteiger partial charge >= 0.3 is 0 Å². The van der Waals surface area contributed by atoms with Crippen molar-refractivity contribution in [1.29, 1.82) is 0 Å². The van der Waals surface area contributed by atoms with E-state index in [1.165, 1.54) is 38.4 Å². The highest BCUT2D eigenvalue weighted by Crippen LogP contribution is 2.15. The lowest BCUT2D eigenvalue weighted by Gasteiger charge is -2.11. The quantitative estimate of drug-likeness (QED) is 0.789. The lowest BCUT2D eigenvalue weighted by Crippen LogP contribution is -2.22. The predicted octanol–water partition coefficient (Wildman–Crippen LogP) is 2.41. The molecule has 1 heterocycles. The van der Waals surface area contributed by atoms with E-state index in [1.54, 1.807) is 12.3 Å². The highest BCUT2D eigenvalue weighted by molar-refractivity contribution is 7.89. The number of nitrogens with zero attached hydrogens (tertiary/aromatic N) is 2. The first-order chi connectivity index (χ1) is 11.8. The Kier molecular flexibility index (Phi) is 6.11. The Balaban J connectivity index is 2.06. The van der Waals surface area contributed by atoms with Crippen molar-refractivity contribution in [3.63, 3.8) is 0 Å². The van der Waals surface area contributed by atoms with Gasteiger partial charge in [0.2, 0.25) is 10.0 Å². The minimum Gasteiger partial charge on any atom is -0.384 e. The SMILES string of the molecule is CCCNc1ccc(NC(=O)c2ccc(S(=O)(=O)N(C)C)cc2)nc1. The monoisotopic (exact) mass is 362 g/mol. The Morgan fingerprint density at radius 2 is 1.80 bits per heavy atom. The Hall–Kier alpha value is -2.45. The van der Waals surface area contributed by atoms with Crippen LogP contribution in [0.15, 0.2) is 47.5 Å². The second-order valence-electron chi connectivity index (χ2n) is 5.62. The van der Waals surface area contributed by atoms with Gasteiger partial charge in [0.1, 0.15) is 5.82 Å². The smallest absolute Gasteiger partial charge is 0.256 e. The standard InChI is InChI=1S/C17H22N4O3S/c1-4-11-18-14-7-10-16(19-12-14)20-17(22)13-5-8-15(9-6-13)25(23,24)21(2)3/h5-10,12,18H,4,11H2,1-3H3,(H,19,20,22). The van der Waals surface area contributed by atoms with Gasteiger partial charge in [-0.15, -0.1) is 0 Å². The molecule has 8 heteroatoms. The van der Waals surface area contributed by atoms with Gasteiger partial charge in [0.15, 0.2) is 0 Å². The number of benzene rings is 1. The number of hydrogen-bond donors (Lipinski definition) is 2. The largest absolute Gasteiger partial charge is 0.384 e. The average molecular weight is 362 g/mol. The lowest BCUT2D eigenvalue weighted by molar-refractivity contribution is 0.102. The van der Waals surface area contributed by atoms with E-state index in [4.69, 9.17) is 0 Å². The van der Waals surface area contributed by atoms with E-state index < -0.39 is 10.0 Å². The first kappa shape index (κ1) is 18.9. The van der Waals surface area contributed by atoms with E-state index >= 15 is 0 Å². The molecule has 2 rings (SSSR count). The Morgan fingerprint density at radius 3 is 2.32 bits per heavy atom. The molecule has 1 aromatic carbocycles. The molecule has 0 aliphatic heterocycles. The van der Waals surface area contributed by atoms with Crippen LogP contribution < -0.4 is 10.6 Å². The summed E-state index contributed by atoms with van der Waals surface area (Å²) < 4.78 is 25.2. The minimum atomic E-state index is -3.51. The Bertz CT molecular complexity index is 816. The van der Waals surface area contributed by atoms with E-state index in [-0.39, 0.29) is 10.8 Å². The molecule has 0 spiro atoms. The molecule has 25 heavy (non-hydrogen) atoms. The maximum absolute atomic E-state index is 12.2. The number of carbonyl (C=O) groups is 1. The summed E-state index contributed by atoms with van der Waals surface area (Å²) in [5.41, 5.74) is 1.24. The van der Waals surface area contributed by atoms with Gasteiger partial charge in [-0.3, -0.25) is 4.79 Å². The number of aromatic nitrogens is 1. The molecule has 7 nitrogen and oxygen atoms in total. The predicted molar refractivity (Wildman–Crippen MR) is 98.3 cm³/mol. The van der Waals surface area contributed by atoms with Crippen LogP contribution in [0.1, 0.15) is 23.7 Å². The number of pyridine rings is 1. The number of hydrogen-bond acceptors (Lipinski definition) is 5. The van der Waals surface area contributed by atoms with Gasteiger partial charge in [-0.05, 0) is 42.8 Å². The molecule has 0 radical (unpaired) electrons. The maximum Gasteiger partial charge on any atom is 0.256 e. The number of sulfonamides is 1. The summed E-state index contributed by atoms with van der Waals surface area (Å²) in [5, 5.41) is 5.88. The van der Waals surface area contributed by atoms with Crippen LogP contribution in [-0.2, 0) is 10.0 Å². The van der Waals surface area contributed by atoms with Crippen LogP contribution in [0.2, 0.25) is 0 Å². The van der Waals surface area contributed by atoms with Gasteiger partial charge in [0, 0.05) is 26.2 Å². The molecule has 1 amide bonds. The first-order valence-corrected chi connectivity index (χ1v) is 9.32. The summed E-state index contributed by atoms with van der Waals surface area (Å²) in [5.74, 6) is 0.0765. The van der Waals surface area contributed by atoms with Crippen LogP contribution in [0.3, 0.4) is 0 Å². The van der Waals surface area contributed by atoms with E-state index in [9.17, 15) is 13.2 Å². The normalized spacial score (nSPS) is 11.4. The molecular formula is C17H22N4O3S. The number of anilines is 2. The van der Waals surface area contributed by atoms with Crippen LogP contribution in [-0.4, -0.2) is 44.3 Å². The minimum absolute atomic E-state index is 0.138. The van der Waals surface area contributed by atoms with Crippen molar-refractivity contribution in [2.24, 2.45) is 0 Å². The summed E-state index contributed by atoms with van der Waals surface area (Å²) in [4.78, 5) is 16.6. The van der Waals surface area contributed by atoms with E-state index in [0.717, 1.165) is 23.0 Å². The number of carbonyl (C=O) groups excluding carboxylic acids is 1. The zero-order valence-electron chi connectivity index (χ0n) is 14.5. The molecular weight excluding hydrogens is 340 g/mol. The van der Waals surface area contributed by atoms with Crippen molar-refractivity contribution < 1.29 is 13.2 Å². The fraction of sp³-hybridized carbons (Fsp3) is 0.294. The number of rotatable bonds is 7. The third kappa shape index (κ3) is 4.77. The maximum atomic E-state index is 12.2. The van der Waals surface area contributed by atoms with Crippen molar-refractivity contribution in [1.82, 2.24) is 9.29 Å². The van der Waals surface area contributed by atoms with Crippen molar-refractivity contribution in [2.75, 3.05) is 31.3 Å². The molecule has 0 atom stereocenters. The van der Waals surface area contributed by atoms with Crippen LogP contribution in [0, 0.1) is 0 Å². The van der Waals surface area contributed by atoms with Crippen LogP contribution >= 0.6 is 0 Å². The first-order valence-electron chi connectivity index (χ1n) is 7.88. The Morgan fingerprint density at radius 1 is 1.12 bits per heavy atom. The molecule has 0 bridgehead atoms. The summed E-state index contributed by atoms with van der Waals surface area (Å²) in [6, 6.07) is 9.32. The Labute approximate surface area is 148 Å². The second-order valence-corrected chi connectivity index (χ2v) is 7.78. The van der Waals surface area contributed by atoms with Crippen LogP contribution in [0.25, 0.3) is 0 Å². The van der Waals surface area contributed by atoms with Gasteiger partial charge in [-0.1, -0.05) is 6.92 Å². The highest BCUT2D eigenvalue weighted by atomic mass is 32.2. The molecule has 2 aromatic rings. The van der Waals surface area contributed by atoms with Crippen molar-refractivity contribution in [3.05, 3.63) is 48.2 Å². The third-order valence-corrected chi connectivity index (χ3v) is 5.31. The van der Waals surface area contributed by atoms with Crippen LogP contribution in [0.4, 0.5) is 11.5 Å². The van der Waals surface area contributed by atoms with Gasteiger partial charge in [-0.25, -0.2) is 17.7 Å². The summed E-state index contributed by atoms with van der Waals surface area (Å²) in [7, 11) is -0.590. The van der Waals surface area contributed by atoms with Crippen molar-refractivity contribution in [2.45, 2.75) is 18.2 Å². The average Bonchev–Trinajstić information content (AvgIpc) is 2.61. The molecule has 0 fully saturated rings. The van der Waals surface area contributed by atoms with E-state index in [0.29, 0.717) is 11.4 Å². The van der Waals surface area contributed by atoms with Crippen molar-refractivity contribution in [3.8, 4) is 0 Å². The topological polar surface area (TPSA) is 91.4 Å². The summed E-state index contributed by atoms with van der Waals surface area (Å²) in [6.07, 6.45) is 2.66. The lowest BCUT2D eigenvalue weighted by atomic mass is 10.2. The third-order valence-electron chi connectivity index (χ3n) is 3.48. The fourth-order valence-corrected chi connectivity index (χ4v) is 2.92. The molecule has 0 aliphatic rings. The summed E-state index contributed by atoms with van der Waals surface area (Å²) >= 11 is 0. The molecule has 134 valence electrons. The van der Waals surface area contributed by atoms with Gasteiger partial charge in [0.25, 0.3) is 5.91 Å². The highest BCUT2D eigenvalue weighted by Gasteiger charge is 2.17. The zero-order valence-corrected chi connectivity index (χ0v) is 15.3. The molecule has 0 aliphatic carbocycles. The second kappa shape index (κ2) is 8.09. The van der Waals surface area contributed by atoms with Gasteiger partial charge < -0.3 is 10.6 Å². The molecule has 0 saturated heterocycles. The van der Waals surface area contributed by atoms with Crippen LogP contribution in [0.5, 0.6) is 0 Å². The molecule has 0 unspecified atom stereocenters. The van der Waals surface area contributed by atoms with E-state index in [2.05, 4.69) is 22.5 Å². The number of nitrogens with one attached hydrogen (secondary N) is 2.